The molecule has 3 rings (SSSR count). The highest BCUT2D eigenvalue weighted by molar-refractivity contribution is 8.00. The molecule has 0 bridgehead atoms. The number of amides is 2. The number of carbonyl (C=O) groups is 2. The van der Waals surface area contributed by atoms with Crippen LogP contribution in [0.15, 0.2) is 42.6 Å². The van der Waals surface area contributed by atoms with Crippen molar-refractivity contribution in [3.63, 3.8) is 0 Å². The van der Waals surface area contributed by atoms with Gasteiger partial charge in [0.05, 0.1) is 27.2 Å². The first-order chi connectivity index (χ1) is 21.0. The third-order valence-electron chi connectivity index (χ3n) is 5.39. The molecule has 0 spiro atoms. The van der Waals surface area contributed by atoms with E-state index in [0.29, 0.717) is 29.8 Å². The number of nitrogens with one attached hydrogen (secondary N) is 3. The molecule has 0 radical (unpaired) electrons. The van der Waals surface area contributed by atoms with Gasteiger partial charge in [-0.25, -0.2) is 32.1 Å². The Morgan fingerprint density at radius 2 is 1.63 bits per heavy atom. The topological polar surface area (TPSA) is 122 Å². The maximum atomic E-state index is 14.4. The van der Waals surface area contributed by atoms with Gasteiger partial charge in [-0.15, -0.1) is 0 Å². The van der Waals surface area contributed by atoms with Crippen LogP contribution in [0.2, 0.25) is 0 Å². The number of anilines is 2. The first-order valence-corrected chi connectivity index (χ1v) is 14.5. The molecule has 3 N–H and O–H groups in total. The van der Waals surface area contributed by atoms with E-state index in [1.807, 2.05) is 0 Å². The lowest BCUT2D eigenvalue weighted by Gasteiger charge is -2.20. The summed E-state index contributed by atoms with van der Waals surface area (Å²) in [6.45, 7) is 3.88. The van der Waals surface area contributed by atoms with E-state index in [1.165, 1.54) is 25.5 Å². The minimum absolute atomic E-state index is 0.413. The van der Waals surface area contributed by atoms with Gasteiger partial charge in [0.1, 0.15) is 22.9 Å². The summed E-state index contributed by atoms with van der Waals surface area (Å²) in [5, 5.41) is 4.88. The van der Waals surface area contributed by atoms with E-state index in [-0.39, 0.29) is 0 Å². The molecule has 1 unspecified atom stereocenters. The molecule has 2 aromatic carbocycles. The van der Waals surface area contributed by atoms with E-state index in [9.17, 15) is 53.3 Å². The summed E-state index contributed by atoms with van der Waals surface area (Å²) in [5.41, 5.74) is -4.72. The first-order valence-electron chi connectivity index (χ1n) is 12.7. The molecule has 0 aliphatic rings. The Morgan fingerprint density at radius 1 is 0.957 bits per heavy atom. The van der Waals surface area contributed by atoms with Crippen molar-refractivity contribution in [3.8, 4) is 11.3 Å². The summed E-state index contributed by atoms with van der Waals surface area (Å²) in [7, 11) is -4.34. The molecule has 1 aromatic heterocycles. The van der Waals surface area contributed by atoms with Gasteiger partial charge in [-0.2, -0.15) is 26.3 Å². The van der Waals surface area contributed by atoms with Crippen LogP contribution in [0.4, 0.5) is 55.9 Å². The SMILES string of the molecule is CC(C)(C)OC(=O)NCCS(=O)(=Cc1cc(Nc2ncc(F)c(-c3ccc(F)cc3F)n2)cc(C(F)(F)F)c1)NC(=O)C(F)(F)F. The molecule has 0 fully saturated rings. The van der Waals surface area contributed by atoms with Crippen molar-refractivity contribution in [1.29, 1.82) is 0 Å². The van der Waals surface area contributed by atoms with Crippen LogP contribution in [-0.4, -0.2) is 55.6 Å². The van der Waals surface area contributed by atoms with E-state index >= 15 is 0 Å². The molecule has 0 aliphatic heterocycles. The zero-order chi connectivity index (χ0) is 34.7. The molecule has 0 saturated heterocycles. The summed E-state index contributed by atoms with van der Waals surface area (Å²) in [6, 6.07) is 3.89. The van der Waals surface area contributed by atoms with Gasteiger partial charge in [-0.05, 0) is 56.7 Å². The average Bonchev–Trinajstić information content (AvgIpc) is 2.87. The molecule has 0 saturated carbocycles. The molecule has 19 heteroatoms. The Hall–Kier alpha value is -4.55. The molecular weight excluding hydrogens is 661 g/mol. The minimum atomic E-state index is -5.53. The Labute approximate surface area is 255 Å². The van der Waals surface area contributed by atoms with Crippen LogP contribution in [0.5, 0.6) is 0 Å². The van der Waals surface area contributed by atoms with Crippen molar-refractivity contribution in [2.75, 3.05) is 17.6 Å². The quantitative estimate of drug-likeness (QED) is 0.200. The number of rotatable bonds is 8. The molecule has 1 atom stereocenters. The monoisotopic (exact) mass is 685 g/mol. The van der Waals surface area contributed by atoms with Crippen LogP contribution >= 0.6 is 0 Å². The van der Waals surface area contributed by atoms with Gasteiger partial charge in [0.15, 0.2) is 5.82 Å². The second-order valence-electron chi connectivity index (χ2n) is 10.4. The summed E-state index contributed by atoms with van der Waals surface area (Å²) < 4.78 is 142. The molecule has 9 nitrogen and oxygen atoms in total. The van der Waals surface area contributed by atoms with Crippen LogP contribution in [0.1, 0.15) is 31.9 Å². The Kier molecular flexibility index (Phi) is 10.5. The molecule has 2 amide bonds. The van der Waals surface area contributed by atoms with E-state index in [4.69, 9.17) is 4.74 Å². The van der Waals surface area contributed by atoms with Crippen molar-refractivity contribution < 1.29 is 58.0 Å². The average molecular weight is 686 g/mol. The smallest absolute Gasteiger partial charge is 0.444 e. The number of alkyl halides is 6. The van der Waals surface area contributed by atoms with Gasteiger partial charge in [-0.1, -0.05) is 0 Å². The van der Waals surface area contributed by atoms with Gasteiger partial charge >= 0.3 is 24.4 Å². The zero-order valence-electron chi connectivity index (χ0n) is 23.9. The maximum Gasteiger partial charge on any atom is 0.472 e. The highest BCUT2D eigenvalue weighted by atomic mass is 32.2. The fraction of sp³-hybridized carbons (Fsp3) is 0.296. The number of ether oxygens (including phenoxy) is 1. The Bertz CT molecular complexity index is 1750. The standard InChI is InChI=1S/C27H24F9N5O4S/c1-25(2,3)45-24(43)37-6-7-46(44,41-22(42)27(34,35)36)13-14-8-15(26(31,32)33)10-17(9-14)39-23-38-12-20(30)21(40-23)18-5-4-16(28)11-19(18)29/h4-5,8-13H,6-7H2,1-3H3,(H,37,43)(H,38,39,40)(H,41,42,44). The van der Waals surface area contributed by atoms with Crippen LogP contribution in [0.25, 0.3) is 11.3 Å². The van der Waals surface area contributed by atoms with Crippen molar-refractivity contribution >= 4 is 38.7 Å². The lowest BCUT2D eigenvalue weighted by atomic mass is 10.1. The van der Waals surface area contributed by atoms with Crippen molar-refractivity contribution in [2.45, 2.75) is 38.7 Å². The second kappa shape index (κ2) is 13.4. The minimum Gasteiger partial charge on any atom is -0.444 e. The fourth-order valence-electron chi connectivity index (χ4n) is 3.58. The maximum absolute atomic E-state index is 14.4. The van der Waals surface area contributed by atoms with E-state index in [1.54, 1.807) is 0 Å². The third kappa shape index (κ3) is 10.2. The number of aromatic nitrogens is 2. The number of hydrogen-bond donors (Lipinski definition) is 3. The highest BCUT2D eigenvalue weighted by Crippen LogP contribution is 2.33. The van der Waals surface area contributed by atoms with Crippen LogP contribution in [0.3, 0.4) is 0 Å². The predicted octanol–water partition coefficient (Wildman–Crippen LogP) is 5.88. The number of alkyl carbamates (subject to hydrolysis) is 1. The number of halogens is 9. The Balaban J connectivity index is 2.05. The third-order valence-corrected chi connectivity index (χ3v) is 7.39. The molecular formula is C27H24F9N5O4S. The zero-order valence-corrected chi connectivity index (χ0v) is 24.7. The number of carbonyl (C=O) groups excluding carboxylic acids is 2. The molecule has 46 heavy (non-hydrogen) atoms. The van der Waals surface area contributed by atoms with Crippen molar-refractivity contribution in [1.82, 2.24) is 20.0 Å². The number of benzene rings is 2. The number of hydrogen-bond acceptors (Lipinski definition) is 7. The van der Waals surface area contributed by atoms with Gasteiger partial charge < -0.3 is 15.4 Å². The predicted molar refractivity (Wildman–Crippen MR) is 149 cm³/mol. The largest absolute Gasteiger partial charge is 0.472 e. The Morgan fingerprint density at radius 3 is 2.22 bits per heavy atom. The molecule has 1 heterocycles. The fourth-order valence-corrected chi connectivity index (χ4v) is 5.26. The summed E-state index contributed by atoms with van der Waals surface area (Å²) in [4.78, 5) is 30.9. The molecule has 0 aliphatic carbocycles. The summed E-state index contributed by atoms with van der Waals surface area (Å²) in [5.74, 6) is -7.52. The normalized spacial score (nSPS) is 13.4. The van der Waals surface area contributed by atoms with Crippen molar-refractivity contribution in [2.24, 2.45) is 0 Å². The second-order valence-corrected chi connectivity index (χ2v) is 12.7. The van der Waals surface area contributed by atoms with Gasteiger partial charge in [0, 0.05) is 29.2 Å². The summed E-state index contributed by atoms with van der Waals surface area (Å²) in [6.07, 6.45) is -11.1. The van der Waals surface area contributed by atoms with Gasteiger partial charge in [0.25, 0.3) is 0 Å². The van der Waals surface area contributed by atoms with E-state index < -0.39 is 103 Å². The number of nitrogens with zero attached hydrogens (tertiary/aromatic N) is 2. The first kappa shape index (κ1) is 35.9. The van der Waals surface area contributed by atoms with Crippen LogP contribution in [-0.2, 0) is 25.4 Å². The summed E-state index contributed by atoms with van der Waals surface area (Å²) >= 11 is 0. The molecule has 3 aromatic rings. The molecule has 250 valence electrons. The van der Waals surface area contributed by atoms with Crippen molar-refractivity contribution in [3.05, 3.63) is 71.2 Å². The van der Waals surface area contributed by atoms with Crippen LogP contribution < -0.4 is 15.4 Å². The lowest BCUT2D eigenvalue weighted by Crippen LogP contribution is -2.44. The van der Waals surface area contributed by atoms with E-state index in [2.05, 4.69) is 20.6 Å². The van der Waals surface area contributed by atoms with Gasteiger partial charge in [-0.3, -0.25) is 9.52 Å². The van der Waals surface area contributed by atoms with E-state index in [0.717, 1.165) is 18.2 Å². The van der Waals surface area contributed by atoms with Gasteiger partial charge in [0.2, 0.25) is 5.95 Å². The highest BCUT2D eigenvalue weighted by Gasteiger charge is 2.40. The van der Waals surface area contributed by atoms with Crippen LogP contribution in [0, 0.1) is 17.5 Å². The lowest BCUT2D eigenvalue weighted by molar-refractivity contribution is -0.171.